The summed E-state index contributed by atoms with van der Waals surface area (Å²) in [7, 11) is 2.15. The van der Waals surface area contributed by atoms with Crippen LogP contribution in [0.5, 0.6) is 5.75 Å². The number of phenols is 1. The predicted molar refractivity (Wildman–Crippen MR) is 178 cm³/mol. The number of aromatic nitrogens is 3. The highest BCUT2D eigenvalue weighted by molar-refractivity contribution is 5.84. The van der Waals surface area contributed by atoms with Crippen molar-refractivity contribution in [2.45, 2.75) is 64.1 Å². The number of amides is 2. The number of H-pyrrole nitrogens is 1. The number of nitrogens with zero attached hydrogens (tertiary/aromatic N) is 6. The summed E-state index contributed by atoms with van der Waals surface area (Å²) in [6, 6.07) is 13.5. The van der Waals surface area contributed by atoms with Gasteiger partial charge in [-0.1, -0.05) is 42.5 Å². The fourth-order valence-electron chi connectivity index (χ4n) is 7.20. The minimum atomic E-state index is -0.980. The average molecular weight is 646 g/mol. The first-order valence-corrected chi connectivity index (χ1v) is 16.9. The number of carbonyl (C=O) groups is 2. The summed E-state index contributed by atoms with van der Waals surface area (Å²) in [5, 5.41) is 14.9. The molecule has 6 rings (SSSR count). The van der Waals surface area contributed by atoms with Gasteiger partial charge < -0.3 is 24.5 Å². The van der Waals surface area contributed by atoms with Crippen LogP contribution in [0.4, 0.5) is 4.79 Å². The number of aromatic amines is 1. The Morgan fingerprint density at radius 3 is 2.13 bits per heavy atom. The highest BCUT2D eigenvalue weighted by Gasteiger charge is 2.35. The Kier molecular flexibility index (Phi) is 9.97. The number of hydrogen-bond acceptors (Lipinski definition) is 8. The van der Waals surface area contributed by atoms with Gasteiger partial charge in [-0.05, 0) is 63.3 Å². The highest BCUT2D eigenvalue weighted by Crippen LogP contribution is 2.27. The van der Waals surface area contributed by atoms with Crippen LogP contribution in [0, 0.1) is 13.8 Å². The molecule has 3 saturated heterocycles. The molecule has 47 heavy (non-hydrogen) atoms. The van der Waals surface area contributed by atoms with Gasteiger partial charge in [-0.3, -0.25) is 14.7 Å². The van der Waals surface area contributed by atoms with Gasteiger partial charge in [0.25, 0.3) is 5.91 Å². The minimum absolute atomic E-state index is 0.151. The third kappa shape index (κ3) is 7.54. The summed E-state index contributed by atoms with van der Waals surface area (Å²) in [6.07, 6.45) is 1.61. The molecule has 2 amide bonds. The van der Waals surface area contributed by atoms with Gasteiger partial charge in [0, 0.05) is 70.4 Å². The van der Waals surface area contributed by atoms with E-state index in [0.29, 0.717) is 50.9 Å². The van der Waals surface area contributed by atoms with E-state index in [1.807, 2.05) is 61.2 Å². The average Bonchev–Trinajstić information content (AvgIpc) is 3.48. The second kappa shape index (κ2) is 14.3. The van der Waals surface area contributed by atoms with Crippen molar-refractivity contribution in [3.8, 4) is 17.1 Å². The largest absolute Gasteiger partial charge is 0.507 e. The van der Waals surface area contributed by atoms with Gasteiger partial charge in [0.1, 0.15) is 5.75 Å². The molecule has 0 saturated carbocycles. The van der Waals surface area contributed by atoms with Crippen molar-refractivity contribution in [3.05, 3.63) is 69.6 Å². The molecule has 12 nitrogen and oxygen atoms in total. The van der Waals surface area contributed by atoms with E-state index in [2.05, 4.69) is 26.9 Å². The smallest absolute Gasteiger partial charge is 0.410 e. The van der Waals surface area contributed by atoms with Crippen molar-refractivity contribution in [3.63, 3.8) is 0 Å². The summed E-state index contributed by atoms with van der Waals surface area (Å²) in [6.45, 7) is 9.92. The normalized spacial score (nSPS) is 19.6. The Morgan fingerprint density at radius 2 is 1.49 bits per heavy atom. The van der Waals surface area contributed by atoms with Crippen LogP contribution in [0.15, 0.2) is 47.3 Å². The first-order chi connectivity index (χ1) is 22.7. The molecule has 12 heteroatoms. The maximum Gasteiger partial charge on any atom is 0.410 e. The van der Waals surface area contributed by atoms with Crippen LogP contribution in [0.25, 0.3) is 11.4 Å². The number of rotatable bonds is 7. The van der Waals surface area contributed by atoms with Gasteiger partial charge in [-0.25, -0.2) is 14.3 Å². The summed E-state index contributed by atoms with van der Waals surface area (Å²) in [4.78, 5) is 51.5. The first-order valence-electron chi connectivity index (χ1n) is 16.9. The molecule has 4 heterocycles. The van der Waals surface area contributed by atoms with Crippen LogP contribution in [0.2, 0.25) is 0 Å². The fourth-order valence-corrected chi connectivity index (χ4v) is 7.20. The van der Waals surface area contributed by atoms with Crippen molar-refractivity contribution in [2.24, 2.45) is 0 Å². The number of nitrogens with one attached hydrogen (secondary N) is 1. The molecule has 3 fully saturated rings. The Bertz CT molecular complexity index is 1570. The monoisotopic (exact) mass is 645 g/mol. The lowest BCUT2D eigenvalue weighted by atomic mass is 9.98. The van der Waals surface area contributed by atoms with Gasteiger partial charge in [0.05, 0.1) is 6.04 Å². The molecule has 0 aliphatic carbocycles. The van der Waals surface area contributed by atoms with Crippen LogP contribution in [-0.2, 0) is 16.0 Å². The summed E-state index contributed by atoms with van der Waals surface area (Å²) >= 11 is 0. The molecule has 2 aromatic carbocycles. The number of likely N-dealkylation sites (N-methyl/N-ethyl adjacent to an activating group) is 1. The molecule has 0 radical (unpaired) electrons. The first kappa shape index (κ1) is 32.8. The van der Waals surface area contributed by atoms with Crippen LogP contribution < -0.4 is 5.69 Å². The number of likely N-dealkylation sites (tertiary alicyclic amines) is 2. The van der Waals surface area contributed by atoms with Crippen molar-refractivity contribution in [1.29, 1.82) is 0 Å². The van der Waals surface area contributed by atoms with Crippen molar-refractivity contribution >= 4 is 12.0 Å². The van der Waals surface area contributed by atoms with E-state index in [-0.39, 0.29) is 29.8 Å². The highest BCUT2D eigenvalue weighted by atomic mass is 16.6. The number of carbonyl (C=O) groups excluding carboxylic acids is 2. The Balaban J connectivity index is 1.10. The molecule has 0 spiro atoms. The lowest BCUT2D eigenvalue weighted by Crippen LogP contribution is -2.54. The van der Waals surface area contributed by atoms with Gasteiger partial charge in [-0.2, -0.15) is 0 Å². The van der Waals surface area contributed by atoms with Gasteiger partial charge in [0.15, 0.2) is 11.9 Å². The van der Waals surface area contributed by atoms with Crippen LogP contribution >= 0.6 is 0 Å². The Hall–Kier alpha value is -4.16. The number of ether oxygens (including phenoxy) is 1. The molecule has 0 unspecified atom stereocenters. The standard InChI is InChI=1S/C35H47N7O5/c1-24-21-26(22-25(2)31(24)43)23-30(33(44)40-13-9-28(10-14-40)39-19-17-38(3)18-20-39)47-35(46)41-15-11-29(12-16-41)42-34(45)36-32(37-42)27-7-5-4-6-8-27/h4-8,21-22,28-30,43H,9-20,23H2,1-3H3,(H,36,37,45)/t30-/m1/s1. The molecule has 3 aromatic rings. The number of aryl methyl sites for hydroxylation is 2. The fraction of sp³-hybridized carbons (Fsp3) is 0.543. The maximum absolute atomic E-state index is 14.0. The SMILES string of the molecule is Cc1cc(C[C@@H](OC(=O)N2CCC(n3nc(-c4ccccc4)[nH]c3=O)CC2)C(=O)N2CCC(N3CCN(C)CC3)CC2)cc(C)c1O. The Morgan fingerprint density at radius 1 is 0.894 bits per heavy atom. The molecular weight excluding hydrogens is 598 g/mol. The van der Waals surface area contributed by atoms with Crippen LogP contribution in [0.3, 0.4) is 0 Å². The number of hydrogen-bond donors (Lipinski definition) is 2. The molecule has 1 atom stereocenters. The second-order valence-corrected chi connectivity index (χ2v) is 13.4. The quantitative estimate of drug-likeness (QED) is 0.401. The Labute approximate surface area is 275 Å². The number of benzene rings is 2. The summed E-state index contributed by atoms with van der Waals surface area (Å²) < 4.78 is 7.51. The molecule has 3 aliphatic rings. The predicted octanol–water partition coefficient (Wildman–Crippen LogP) is 3.18. The minimum Gasteiger partial charge on any atom is -0.507 e. The third-order valence-electron chi connectivity index (χ3n) is 10.1. The topological polar surface area (TPSA) is 127 Å². The van der Waals surface area contributed by atoms with E-state index in [1.165, 1.54) is 4.68 Å². The maximum atomic E-state index is 14.0. The number of piperazine rings is 1. The summed E-state index contributed by atoms with van der Waals surface area (Å²) in [5.41, 5.74) is 2.84. The van der Waals surface area contributed by atoms with Crippen molar-refractivity contribution in [2.75, 3.05) is 59.4 Å². The van der Waals surface area contributed by atoms with E-state index in [4.69, 9.17) is 4.74 Å². The number of phenolic OH excluding ortho intramolecular Hbond substituents is 1. The van der Waals surface area contributed by atoms with E-state index in [9.17, 15) is 19.5 Å². The second-order valence-electron chi connectivity index (χ2n) is 13.4. The van der Waals surface area contributed by atoms with Gasteiger partial charge in [-0.15, -0.1) is 5.10 Å². The molecule has 2 N–H and O–H groups in total. The third-order valence-corrected chi connectivity index (χ3v) is 10.1. The zero-order chi connectivity index (χ0) is 33.1. The molecule has 3 aliphatic heterocycles. The zero-order valence-corrected chi connectivity index (χ0v) is 27.7. The van der Waals surface area contributed by atoms with E-state index in [1.54, 1.807) is 4.90 Å². The van der Waals surface area contributed by atoms with E-state index >= 15 is 0 Å². The molecule has 1 aromatic heterocycles. The van der Waals surface area contributed by atoms with E-state index < -0.39 is 12.2 Å². The number of aromatic hydroxyl groups is 1. The summed E-state index contributed by atoms with van der Waals surface area (Å²) in [5.74, 6) is 0.574. The van der Waals surface area contributed by atoms with Crippen molar-refractivity contribution < 1.29 is 19.4 Å². The lowest BCUT2D eigenvalue weighted by Gasteiger charge is -2.42. The number of piperidine rings is 2. The molecular formula is C35H47N7O5. The molecule has 0 bridgehead atoms. The van der Waals surface area contributed by atoms with E-state index in [0.717, 1.165) is 61.3 Å². The lowest BCUT2D eigenvalue weighted by molar-refractivity contribution is -0.142. The van der Waals surface area contributed by atoms with Crippen molar-refractivity contribution in [1.82, 2.24) is 34.4 Å². The van der Waals surface area contributed by atoms with Gasteiger partial charge in [0.2, 0.25) is 0 Å². The van der Waals surface area contributed by atoms with Crippen LogP contribution in [0.1, 0.15) is 48.4 Å². The van der Waals surface area contributed by atoms with Crippen LogP contribution in [-0.4, -0.2) is 123 Å². The zero-order valence-electron chi connectivity index (χ0n) is 27.7. The molecule has 252 valence electrons. The van der Waals surface area contributed by atoms with Gasteiger partial charge >= 0.3 is 11.8 Å².